The van der Waals surface area contributed by atoms with E-state index in [4.69, 9.17) is 12.2 Å². The lowest BCUT2D eigenvalue weighted by Gasteiger charge is -2.15. The van der Waals surface area contributed by atoms with Crippen molar-refractivity contribution in [3.05, 3.63) is 48.6 Å². The average molecular weight is 304 g/mol. The van der Waals surface area contributed by atoms with E-state index in [1.165, 1.54) is 6.92 Å². The van der Waals surface area contributed by atoms with Crippen molar-refractivity contribution in [1.29, 1.82) is 0 Å². The predicted octanol–water partition coefficient (Wildman–Crippen LogP) is 2.16. The molecule has 112 valence electrons. The Balaban J connectivity index is 2.53. The number of hydrogen-bond donors (Lipinski definition) is 4. The first-order chi connectivity index (χ1) is 9.88. The van der Waals surface area contributed by atoms with Crippen molar-refractivity contribution in [2.45, 2.75) is 13.8 Å². The van der Waals surface area contributed by atoms with Gasteiger partial charge in [0.15, 0.2) is 5.11 Å². The Morgan fingerprint density at radius 1 is 1.24 bits per heavy atom. The van der Waals surface area contributed by atoms with Crippen LogP contribution in [0.4, 0.5) is 5.69 Å². The summed E-state index contributed by atoms with van der Waals surface area (Å²) in [5.41, 5.74) is 8.94. The summed E-state index contributed by atoms with van der Waals surface area (Å²) in [5.74, 6) is -0.117. The molecule has 6 heteroatoms. The quantitative estimate of drug-likeness (QED) is 0.368. The fourth-order valence-corrected chi connectivity index (χ4v) is 1.59. The van der Waals surface area contributed by atoms with Crippen molar-refractivity contribution < 1.29 is 4.79 Å². The van der Waals surface area contributed by atoms with Crippen molar-refractivity contribution >= 4 is 34.6 Å². The molecule has 0 atom stereocenters. The highest BCUT2D eigenvalue weighted by atomic mass is 32.1. The van der Waals surface area contributed by atoms with Gasteiger partial charge in [0.2, 0.25) is 5.91 Å². The van der Waals surface area contributed by atoms with Crippen molar-refractivity contribution in [1.82, 2.24) is 16.2 Å². The summed E-state index contributed by atoms with van der Waals surface area (Å²) in [6.45, 7) is 11.7. The number of carbonyl (C=O) groups excluding carboxylic acids is 1. The molecule has 0 spiro atoms. The van der Waals surface area contributed by atoms with E-state index in [1.807, 2.05) is 31.2 Å². The molecular formula is C15H20N4OS. The van der Waals surface area contributed by atoms with Crippen LogP contribution >= 0.6 is 12.2 Å². The van der Waals surface area contributed by atoms with Gasteiger partial charge in [0.05, 0.1) is 5.70 Å². The standard InChI is InChI=1S/C15H20N4OS/c1-10(2)9-16-15(21)19-18-11(3)13-6-5-7-14(8-13)17-12(4)20/h5-8,18H,1,3,9H2,2,4H3,(H,17,20)(H2,16,19,21). The van der Waals surface area contributed by atoms with Gasteiger partial charge in [-0.2, -0.15) is 0 Å². The third-order valence-corrected chi connectivity index (χ3v) is 2.66. The maximum Gasteiger partial charge on any atom is 0.221 e. The van der Waals surface area contributed by atoms with Crippen LogP contribution in [0.1, 0.15) is 19.4 Å². The number of hydrogen-bond acceptors (Lipinski definition) is 3. The zero-order valence-corrected chi connectivity index (χ0v) is 13.1. The summed E-state index contributed by atoms with van der Waals surface area (Å²) in [6.07, 6.45) is 0. The monoisotopic (exact) mass is 304 g/mol. The molecule has 0 aliphatic heterocycles. The van der Waals surface area contributed by atoms with Gasteiger partial charge >= 0.3 is 0 Å². The van der Waals surface area contributed by atoms with Crippen LogP contribution in [0.3, 0.4) is 0 Å². The van der Waals surface area contributed by atoms with Crippen molar-refractivity contribution in [3.8, 4) is 0 Å². The second-order valence-electron chi connectivity index (χ2n) is 4.63. The minimum atomic E-state index is -0.117. The van der Waals surface area contributed by atoms with Gasteiger partial charge in [0.1, 0.15) is 0 Å². The number of rotatable bonds is 6. The molecule has 0 unspecified atom stereocenters. The number of hydrazine groups is 1. The average Bonchev–Trinajstić information content (AvgIpc) is 2.42. The van der Waals surface area contributed by atoms with E-state index in [2.05, 4.69) is 34.6 Å². The van der Waals surface area contributed by atoms with Crippen LogP contribution < -0.4 is 21.5 Å². The third kappa shape index (κ3) is 6.58. The predicted molar refractivity (Wildman–Crippen MR) is 91.5 cm³/mol. The number of nitrogens with one attached hydrogen (secondary N) is 4. The van der Waals surface area contributed by atoms with E-state index in [0.717, 1.165) is 11.1 Å². The molecule has 0 saturated carbocycles. The van der Waals surface area contributed by atoms with Gasteiger partial charge in [0, 0.05) is 24.7 Å². The smallest absolute Gasteiger partial charge is 0.221 e. The van der Waals surface area contributed by atoms with Gasteiger partial charge in [-0.05, 0) is 31.3 Å². The van der Waals surface area contributed by atoms with E-state index >= 15 is 0 Å². The van der Waals surface area contributed by atoms with Crippen LogP contribution in [-0.2, 0) is 4.79 Å². The maximum atomic E-state index is 11.0. The van der Waals surface area contributed by atoms with Crippen molar-refractivity contribution in [3.63, 3.8) is 0 Å². The summed E-state index contributed by atoms with van der Waals surface area (Å²) in [4.78, 5) is 11.0. The molecule has 21 heavy (non-hydrogen) atoms. The van der Waals surface area contributed by atoms with E-state index in [1.54, 1.807) is 0 Å². The van der Waals surface area contributed by atoms with E-state index < -0.39 is 0 Å². The van der Waals surface area contributed by atoms with Gasteiger partial charge in [0.25, 0.3) is 0 Å². The third-order valence-electron chi connectivity index (χ3n) is 2.41. The largest absolute Gasteiger partial charge is 0.358 e. The molecule has 5 nitrogen and oxygen atoms in total. The highest BCUT2D eigenvalue weighted by Gasteiger charge is 2.02. The summed E-state index contributed by atoms with van der Waals surface area (Å²) in [7, 11) is 0. The summed E-state index contributed by atoms with van der Waals surface area (Å²) >= 11 is 5.10. The number of anilines is 1. The molecule has 1 aromatic rings. The van der Waals surface area contributed by atoms with Crippen LogP contribution in [0.5, 0.6) is 0 Å². The van der Waals surface area contributed by atoms with Crippen LogP contribution in [0.2, 0.25) is 0 Å². The topological polar surface area (TPSA) is 65.2 Å². The Morgan fingerprint density at radius 2 is 1.95 bits per heavy atom. The Kier molecular flexibility index (Phi) is 6.42. The molecule has 0 heterocycles. The zero-order chi connectivity index (χ0) is 15.8. The highest BCUT2D eigenvalue weighted by Crippen LogP contribution is 2.15. The molecule has 0 aromatic heterocycles. The lowest BCUT2D eigenvalue weighted by Crippen LogP contribution is -2.43. The number of benzene rings is 1. The highest BCUT2D eigenvalue weighted by molar-refractivity contribution is 7.80. The molecule has 1 aromatic carbocycles. The first kappa shape index (κ1) is 16.7. The molecule has 4 N–H and O–H groups in total. The van der Waals surface area contributed by atoms with Gasteiger partial charge in [-0.15, -0.1) is 0 Å². The first-order valence-corrected chi connectivity index (χ1v) is 6.80. The zero-order valence-electron chi connectivity index (χ0n) is 12.2. The molecule has 0 aliphatic rings. The van der Waals surface area contributed by atoms with E-state index in [0.29, 0.717) is 23.0 Å². The Hall–Kier alpha value is -2.34. The van der Waals surface area contributed by atoms with Crippen LogP contribution in [-0.4, -0.2) is 17.6 Å². The molecule has 0 saturated heterocycles. The van der Waals surface area contributed by atoms with Crippen LogP contribution in [0, 0.1) is 0 Å². The first-order valence-electron chi connectivity index (χ1n) is 6.39. The second kappa shape index (κ2) is 8.06. The summed E-state index contributed by atoms with van der Waals surface area (Å²) in [5, 5.41) is 6.16. The fourth-order valence-electron chi connectivity index (χ4n) is 1.47. The minimum Gasteiger partial charge on any atom is -0.358 e. The van der Waals surface area contributed by atoms with E-state index in [9.17, 15) is 4.79 Å². The Morgan fingerprint density at radius 3 is 2.57 bits per heavy atom. The number of carbonyl (C=O) groups is 1. The van der Waals surface area contributed by atoms with Gasteiger partial charge in [-0.1, -0.05) is 30.9 Å². The summed E-state index contributed by atoms with van der Waals surface area (Å²) in [6, 6.07) is 7.35. The SMILES string of the molecule is C=C(C)CNC(=S)NNC(=C)c1cccc(NC(C)=O)c1. The number of thiocarbonyl (C=S) groups is 1. The molecule has 0 aliphatic carbocycles. The Bertz CT molecular complexity index is 569. The van der Waals surface area contributed by atoms with Crippen molar-refractivity contribution in [2.24, 2.45) is 0 Å². The van der Waals surface area contributed by atoms with E-state index in [-0.39, 0.29) is 5.91 Å². The van der Waals surface area contributed by atoms with Gasteiger partial charge in [-0.25, -0.2) is 0 Å². The lowest BCUT2D eigenvalue weighted by atomic mass is 10.1. The summed E-state index contributed by atoms with van der Waals surface area (Å²) < 4.78 is 0. The van der Waals surface area contributed by atoms with Gasteiger partial charge in [-0.3, -0.25) is 15.6 Å². The molecule has 1 rings (SSSR count). The van der Waals surface area contributed by atoms with Gasteiger partial charge < -0.3 is 10.6 Å². The normalized spacial score (nSPS) is 9.43. The Labute approximate surface area is 130 Å². The minimum absolute atomic E-state index is 0.117. The number of amides is 1. The molecule has 0 bridgehead atoms. The lowest BCUT2D eigenvalue weighted by molar-refractivity contribution is -0.114. The maximum absolute atomic E-state index is 11.0. The van der Waals surface area contributed by atoms with Crippen molar-refractivity contribution in [2.75, 3.05) is 11.9 Å². The second-order valence-corrected chi connectivity index (χ2v) is 5.04. The molecule has 1 amide bonds. The van der Waals surface area contributed by atoms with Crippen LogP contribution in [0.15, 0.2) is 43.0 Å². The fraction of sp³-hybridized carbons (Fsp3) is 0.200. The molecule has 0 radical (unpaired) electrons. The van der Waals surface area contributed by atoms with Crippen LogP contribution in [0.25, 0.3) is 5.70 Å². The molecular weight excluding hydrogens is 284 g/mol. The molecule has 0 fully saturated rings.